The number of carbonyl (C=O) groups excluding carboxylic acids is 2. The number of carbonyl (C=O) groups is 2. The van der Waals surface area contributed by atoms with E-state index in [1.165, 1.54) is 0 Å². The Morgan fingerprint density at radius 1 is 1.16 bits per heavy atom. The predicted octanol–water partition coefficient (Wildman–Crippen LogP) is 4.11. The molecule has 0 saturated heterocycles. The number of nitrogens with zero attached hydrogens (tertiary/aromatic N) is 2. The summed E-state index contributed by atoms with van der Waals surface area (Å²) in [4.78, 5) is 33.2. The molecule has 1 aromatic heterocycles. The van der Waals surface area contributed by atoms with E-state index in [4.69, 9.17) is 9.72 Å². The Morgan fingerprint density at radius 2 is 1.90 bits per heavy atom. The van der Waals surface area contributed by atoms with E-state index >= 15 is 0 Å². The number of aromatic nitrogens is 1. The van der Waals surface area contributed by atoms with Gasteiger partial charge in [0.05, 0.1) is 11.1 Å². The lowest BCUT2D eigenvalue weighted by molar-refractivity contribution is -0.124. The summed E-state index contributed by atoms with van der Waals surface area (Å²) >= 11 is 0. The zero-order chi connectivity index (χ0) is 22.0. The highest BCUT2D eigenvalue weighted by atomic mass is 16.5. The van der Waals surface area contributed by atoms with Crippen molar-refractivity contribution < 1.29 is 14.3 Å². The molecule has 6 nitrogen and oxygen atoms in total. The first-order valence-electron chi connectivity index (χ1n) is 10.6. The minimum absolute atomic E-state index is 0.325. The maximum atomic E-state index is 13.4. The number of hydrogen-bond acceptors (Lipinski definition) is 5. The molecular formula is C25H27N3O3. The van der Waals surface area contributed by atoms with Crippen LogP contribution in [0.1, 0.15) is 40.5 Å². The number of ether oxygens (including phenoxy) is 1. The van der Waals surface area contributed by atoms with Crippen LogP contribution in [0.4, 0.5) is 5.69 Å². The zero-order valence-electron chi connectivity index (χ0n) is 18.1. The van der Waals surface area contributed by atoms with Crippen molar-refractivity contribution in [1.82, 2.24) is 9.88 Å². The first kappa shape index (κ1) is 21.0. The number of nitrogens with one attached hydrogen (secondary N) is 1. The molecule has 0 radical (unpaired) electrons. The molecule has 1 aliphatic rings. The van der Waals surface area contributed by atoms with E-state index in [-0.39, 0.29) is 5.91 Å². The van der Waals surface area contributed by atoms with Crippen molar-refractivity contribution in [2.75, 3.05) is 18.9 Å². The van der Waals surface area contributed by atoms with E-state index < -0.39 is 12.1 Å². The maximum absolute atomic E-state index is 13.4. The van der Waals surface area contributed by atoms with E-state index in [9.17, 15) is 9.59 Å². The summed E-state index contributed by atoms with van der Waals surface area (Å²) in [7, 11) is 2.03. The highest BCUT2D eigenvalue weighted by Gasteiger charge is 2.29. The lowest BCUT2D eigenvalue weighted by Gasteiger charge is -2.27. The molecule has 0 aliphatic carbocycles. The molecule has 1 amide bonds. The van der Waals surface area contributed by atoms with Crippen LogP contribution in [-0.4, -0.2) is 41.5 Å². The molecule has 1 unspecified atom stereocenters. The molecule has 2 aromatic carbocycles. The quantitative estimate of drug-likeness (QED) is 0.633. The SMILES string of the molecule is CCC(OC(=O)c1c2c(nc3ccccc13)CCN(C)C2)C(=O)Nc1ccccc1C. The summed E-state index contributed by atoms with van der Waals surface area (Å²) in [6.45, 7) is 5.28. The Labute approximate surface area is 182 Å². The topological polar surface area (TPSA) is 71.5 Å². The number of pyridine rings is 1. The number of para-hydroxylation sites is 2. The highest BCUT2D eigenvalue weighted by molar-refractivity contribution is 6.06. The van der Waals surface area contributed by atoms with Gasteiger partial charge in [-0.15, -0.1) is 0 Å². The van der Waals surface area contributed by atoms with E-state index in [0.29, 0.717) is 18.5 Å². The molecule has 1 N–H and O–H groups in total. The lowest BCUT2D eigenvalue weighted by atomic mass is 9.96. The minimum atomic E-state index is -0.879. The number of amides is 1. The molecule has 1 atom stereocenters. The van der Waals surface area contributed by atoms with Crippen molar-refractivity contribution in [2.24, 2.45) is 0 Å². The van der Waals surface area contributed by atoms with Gasteiger partial charge < -0.3 is 15.0 Å². The van der Waals surface area contributed by atoms with Crippen LogP contribution in [-0.2, 0) is 22.5 Å². The van der Waals surface area contributed by atoms with Crippen molar-refractivity contribution in [1.29, 1.82) is 0 Å². The summed E-state index contributed by atoms with van der Waals surface area (Å²) in [5, 5.41) is 3.65. The third kappa shape index (κ3) is 4.30. The van der Waals surface area contributed by atoms with Gasteiger partial charge in [0.2, 0.25) is 0 Å². The largest absolute Gasteiger partial charge is 0.449 e. The molecule has 0 bridgehead atoms. The molecule has 3 aromatic rings. The Balaban J connectivity index is 1.65. The lowest BCUT2D eigenvalue weighted by Crippen LogP contribution is -2.34. The van der Waals surface area contributed by atoms with E-state index in [1.54, 1.807) is 0 Å². The van der Waals surface area contributed by atoms with Gasteiger partial charge in [0.25, 0.3) is 5.91 Å². The molecule has 0 spiro atoms. The van der Waals surface area contributed by atoms with E-state index in [1.807, 2.05) is 69.4 Å². The zero-order valence-corrected chi connectivity index (χ0v) is 18.1. The molecule has 1 aliphatic heterocycles. The fourth-order valence-electron chi connectivity index (χ4n) is 4.00. The van der Waals surface area contributed by atoms with Crippen molar-refractivity contribution in [3.05, 3.63) is 70.9 Å². The Bertz CT molecular complexity index is 1140. The van der Waals surface area contributed by atoms with Crippen LogP contribution in [0.15, 0.2) is 48.5 Å². The van der Waals surface area contributed by atoms with Crippen molar-refractivity contribution in [3.8, 4) is 0 Å². The van der Waals surface area contributed by atoms with Gasteiger partial charge in [-0.05, 0) is 38.1 Å². The van der Waals surface area contributed by atoms with E-state index in [2.05, 4.69) is 10.2 Å². The normalized spacial score (nSPS) is 14.7. The molecule has 4 rings (SSSR count). The number of benzene rings is 2. The fraction of sp³-hybridized carbons (Fsp3) is 0.320. The van der Waals surface area contributed by atoms with Crippen molar-refractivity contribution in [2.45, 2.75) is 39.3 Å². The van der Waals surface area contributed by atoms with Gasteiger partial charge in [0.15, 0.2) is 6.10 Å². The standard InChI is InChI=1S/C25H27N3O3/c1-4-22(24(29)27-19-11-7-5-9-16(19)2)31-25(30)23-17-10-6-8-12-20(17)26-21-13-14-28(3)15-18(21)23/h5-12,22H,4,13-15H2,1-3H3,(H,27,29). The van der Waals surface area contributed by atoms with Gasteiger partial charge in [-0.1, -0.05) is 43.3 Å². The molecule has 6 heteroatoms. The average Bonchev–Trinajstić information content (AvgIpc) is 2.77. The average molecular weight is 418 g/mol. The molecule has 0 fully saturated rings. The number of likely N-dealkylation sites (N-methyl/N-ethyl adjacent to an activating group) is 1. The van der Waals surface area contributed by atoms with Crippen LogP contribution < -0.4 is 5.32 Å². The van der Waals surface area contributed by atoms with Crippen LogP contribution in [0.5, 0.6) is 0 Å². The Hall–Kier alpha value is -3.25. The number of rotatable bonds is 5. The van der Waals surface area contributed by atoms with Gasteiger partial charge in [-0.2, -0.15) is 0 Å². The maximum Gasteiger partial charge on any atom is 0.340 e. The van der Waals surface area contributed by atoms with Crippen molar-refractivity contribution in [3.63, 3.8) is 0 Å². The Kier molecular flexibility index (Phi) is 6.00. The van der Waals surface area contributed by atoms with Crippen LogP contribution in [0, 0.1) is 6.92 Å². The van der Waals surface area contributed by atoms with Gasteiger partial charge in [-0.25, -0.2) is 4.79 Å². The molecule has 31 heavy (non-hydrogen) atoms. The fourth-order valence-corrected chi connectivity index (χ4v) is 4.00. The number of fused-ring (bicyclic) bond motifs is 2. The highest BCUT2D eigenvalue weighted by Crippen LogP contribution is 2.29. The summed E-state index contributed by atoms with van der Waals surface area (Å²) in [6, 6.07) is 15.1. The van der Waals surface area contributed by atoms with Gasteiger partial charge in [-0.3, -0.25) is 9.78 Å². The summed E-state index contributed by atoms with van der Waals surface area (Å²) < 4.78 is 5.77. The van der Waals surface area contributed by atoms with Crippen LogP contribution >= 0.6 is 0 Å². The molecule has 160 valence electrons. The summed E-state index contributed by atoms with van der Waals surface area (Å²) in [6.07, 6.45) is 0.284. The van der Waals surface area contributed by atoms with Crippen LogP contribution in [0.3, 0.4) is 0 Å². The monoisotopic (exact) mass is 417 g/mol. The molecular weight excluding hydrogens is 390 g/mol. The van der Waals surface area contributed by atoms with Gasteiger partial charge in [0, 0.05) is 41.8 Å². The first-order valence-corrected chi connectivity index (χ1v) is 10.6. The number of anilines is 1. The summed E-state index contributed by atoms with van der Waals surface area (Å²) in [5.41, 5.74) is 4.79. The molecule has 0 saturated carbocycles. The predicted molar refractivity (Wildman–Crippen MR) is 121 cm³/mol. The van der Waals surface area contributed by atoms with Gasteiger partial charge in [0.1, 0.15) is 0 Å². The van der Waals surface area contributed by atoms with Crippen LogP contribution in [0.2, 0.25) is 0 Å². The van der Waals surface area contributed by atoms with Gasteiger partial charge >= 0.3 is 5.97 Å². The number of aryl methyl sites for hydroxylation is 1. The third-order valence-electron chi connectivity index (χ3n) is 5.76. The minimum Gasteiger partial charge on any atom is -0.449 e. The molecule has 2 heterocycles. The first-order chi connectivity index (χ1) is 15.0. The van der Waals surface area contributed by atoms with E-state index in [0.717, 1.165) is 46.4 Å². The number of hydrogen-bond donors (Lipinski definition) is 1. The van der Waals surface area contributed by atoms with Crippen LogP contribution in [0.25, 0.3) is 10.9 Å². The second-order valence-electron chi connectivity index (χ2n) is 8.02. The summed E-state index contributed by atoms with van der Waals surface area (Å²) in [5.74, 6) is -0.800. The second-order valence-corrected chi connectivity index (χ2v) is 8.02. The Morgan fingerprint density at radius 3 is 2.68 bits per heavy atom. The number of esters is 1. The smallest absolute Gasteiger partial charge is 0.340 e. The third-order valence-corrected chi connectivity index (χ3v) is 5.76. The van der Waals surface area contributed by atoms with Crippen molar-refractivity contribution >= 4 is 28.5 Å². The second kappa shape index (κ2) is 8.86.